The molecular formula is C26H24BrN3O3S. The van der Waals surface area contributed by atoms with Gasteiger partial charge in [0.25, 0.3) is 0 Å². The maximum absolute atomic E-state index is 13.6. The molecule has 1 saturated heterocycles. The van der Waals surface area contributed by atoms with Gasteiger partial charge in [-0.1, -0.05) is 51.8 Å². The summed E-state index contributed by atoms with van der Waals surface area (Å²) < 4.78 is 34.2. The van der Waals surface area contributed by atoms with Crippen LogP contribution in [0.3, 0.4) is 0 Å². The first-order chi connectivity index (χ1) is 16.4. The predicted octanol–water partition coefficient (Wildman–Crippen LogP) is 5.57. The Bertz CT molecular complexity index is 1390. The number of sulfone groups is 1. The van der Waals surface area contributed by atoms with Crippen LogP contribution in [-0.2, 0) is 9.84 Å². The second kappa shape index (κ2) is 9.27. The molecule has 6 nitrogen and oxygen atoms in total. The molecule has 0 unspecified atom stereocenters. The maximum Gasteiger partial charge on any atom is 0.236 e. The number of hydrogen-bond donors (Lipinski definition) is 0. The van der Waals surface area contributed by atoms with Crippen LogP contribution in [0.5, 0.6) is 0 Å². The molecule has 0 radical (unpaired) electrons. The summed E-state index contributed by atoms with van der Waals surface area (Å²) in [5.74, 6) is 0.604. The average molecular weight is 538 g/mol. The predicted molar refractivity (Wildman–Crippen MR) is 137 cm³/mol. The fraction of sp³-hybridized carbons (Fsp3) is 0.192. The highest BCUT2D eigenvalue weighted by Gasteiger charge is 2.33. The summed E-state index contributed by atoms with van der Waals surface area (Å²) in [4.78, 5) is 8.98. The van der Waals surface area contributed by atoms with E-state index < -0.39 is 9.84 Å². The number of aromatic nitrogens is 1. The van der Waals surface area contributed by atoms with Crippen LogP contribution in [-0.4, -0.2) is 39.6 Å². The van der Waals surface area contributed by atoms with Crippen LogP contribution in [0, 0.1) is 6.92 Å². The van der Waals surface area contributed by atoms with Crippen LogP contribution in [0.2, 0.25) is 0 Å². The van der Waals surface area contributed by atoms with E-state index in [1.807, 2.05) is 54.3 Å². The lowest BCUT2D eigenvalue weighted by atomic mass is 10.1. The van der Waals surface area contributed by atoms with Gasteiger partial charge in [0, 0.05) is 41.9 Å². The number of rotatable bonds is 5. The zero-order chi connectivity index (χ0) is 23.7. The number of anilines is 2. The van der Waals surface area contributed by atoms with E-state index in [4.69, 9.17) is 4.42 Å². The van der Waals surface area contributed by atoms with Gasteiger partial charge in [-0.2, -0.15) is 4.98 Å². The topological polar surface area (TPSA) is 66.7 Å². The molecule has 0 N–H and O–H groups in total. The highest BCUT2D eigenvalue weighted by Crippen LogP contribution is 2.36. The molecule has 1 aliphatic heterocycles. The van der Waals surface area contributed by atoms with E-state index in [1.165, 1.54) is 0 Å². The van der Waals surface area contributed by atoms with Gasteiger partial charge in [-0.25, -0.2) is 8.42 Å². The van der Waals surface area contributed by atoms with Gasteiger partial charge < -0.3 is 14.2 Å². The summed E-state index contributed by atoms with van der Waals surface area (Å²) in [5, 5.41) is -0.0421. The van der Waals surface area contributed by atoms with E-state index in [2.05, 4.69) is 37.9 Å². The Kier molecular flexibility index (Phi) is 6.18. The lowest BCUT2D eigenvalue weighted by Gasteiger charge is -2.36. The molecule has 1 fully saturated rings. The molecule has 5 rings (SSSR count). The smallest absolute Gasteiger partial charge is 0.236 e. The summed E-state index contributed by atoms with van der Waals surface area (Å²) >= 11 is 3.37. The van der Waals surface area contributed by atoms with Crippen molar-refractivity contribution in [3.63, 3.8) is 0 Å². The van der Waals surface area contributed by atoms with Crippen molar-refractivity contribution in [2.24, 2.45) is 0 Å². The third-order valence-corrected chi connectivity index (χ3v) is 8.11. The minimum absolute atomic E-state index is 0.0421. The van der Waals surface area contributed by atoms with E-state index in [-0.39, 0.29) is 9.92 Å². The van der Waals surface area contributed by atoms with Crippen molar-refractivity contribution in [1.82, 2.24) is 4.98 Å². The van der Waals surface area contributed by atoms with Crippen molar-refractivity contribution in [2.75, 3.05) is 36.0 Å². The second-order valence-corrected chi connectivity index (χ2v) is 11.0. The number of nitrogens with zero attached hydrogens (tertiary/aromatic N) is 3. The second-order valence-electron chi connectivity index (χ2n) is 8.27. The number of halogens is 1. The van der Waals surface area contributed by atoms with Crippen molar-refractivity contribution in [2.45, 2.75) is 16.8 Å². The van der Waals surface area contributed by atoms with Crippen LogP contribution >= 0.6 is 15.9 Å². The lowest BCUT2D eigenvalue weighted by molar-refractivity contribution is 0.525. The summed E-state index contributed by atoms with van der Waals surface area (Å²) in [6.07, 6.45) is 0. The maximum atomic E-state index is 13.6. The van der Waals surface area contributed by atoms with Gasteiger partial charge in [0.05, 0.1) is 4.90 Å². The molecule has 0 bridgehead atoms. The molecule has 2 heterocycles. The Morgan fingerprint density at radius 1 is 0.853 bits per heavy atom. The number of piperazine rings is 1. The molecule has 8 heteroatoms. The van der Waals surface area contributed by atoms with Gasteiger partial charge in [-0.15, -0.1) is 0 Å². The summed E-state index contributed by atoms with van der Waals surface area (Å²) in [5.41, 5.74) is 2.95. The van der Waals surface area contributed by atoms with Gasteiger partial charge in [0.2, 0.25) is 26.6 Å². The third kappa shape index (κ3) is 4.48. The Balaban J connectivity index is 1.52. The molecule has 3 aromatic carbocycles. The first-order valence-corrected chi connectivity index (χ1v) is 13.3. The van der Waals surface area contributed by atoms with E-state index in [1.54, 1.807) is 24.3 Å². The van der Waals surface area contributed by atoms with Gasteiger partial charge in [-0.3, -0.25) is 0 Å². The van der Waals surface area contributed by atoms with Crippen LogP contribution in [0.4, 0.5) is 11.6 Å². The molecule has 0 amide bonds. The van der Waals surface area contributed by atoms with Gasteiger partial charge in [0.1, 0.15) is 0 Å². The van der Waals surface area contributed by atoms with Gasteiger partial charge in [-0.05, 0) is 55.5 Å². The lowest BCUT2D eigenvalue weighted by Crippen LogP contribution is -2.46. The van der Waals surface area contributed by atoms with Crippen LogP contribution in [0.1, 0.15) is 5.56 Å². The average Bonchev–Trinajstić information content (AvgIpc) is 3.32. The van der Waals surface area contributed by atoms with Crippen molar-refractivity contribution in [3.05, 3.63) is 88.9 Å². The van der Waals surface area contributed by atoms with Crippen molar-refractivity contribution in [3.8, 4) is 11.5 Å². The summed E-state index contributed by atoms with van der Waals surface area (Å²) in [6.45, 7) is 4.74. The SMILES string of the molecule is Cc1cccc(-c2nc(S(=O)(=O)c3ccc(Br)cc3)c(N3CCN(c4ccccc4)CC3)o2)c1. The number of para-hydroxylation sites is 1. The Morgan fingerprint density at radius 2 is 1.53 bits per heavy atom. The first-order valence-electron chi connectivity index (χ1n) is 11.1. The Labute approximate surface area is 207 Å². The molecule has 0 atom stereocenters. The minimum Gasteiger partial charge on any atom is -0.419 e. The van der Waals surface area contributed by atoms with Crippen molar-refractivity contribution < 1.29 is 12.8 Å². The zero-order valence-electron chi connectivity index (χ0n) is 18.7. The van der Waals surface area contributed by atoms with E-state index in [0.29, 0.717) is 24.9 Å². The van der Waals surface area contributed by atoms with Crippen molar-refractivity contribution in [1.29, 1.82) is 0 Å². The molecular weight excluding hydrogens is 514 g/mol. The van der Waals surface area contributed by atoms with Gasteiger partial charge in [0.15, 0.2) is 0 Å². The molecule has 0 aliphatic carbocycles. The van der Waals surface area contributed by atoms with E-state index in [0.717, 1.165) is 34.4 Å². The fourth-order valence-corrected chi connectivity index (χ4v) is 5.69. The van der Waals surface area contributed by atoms with E-state index in [9.17, 15) is 8.42 Å². The molecule has 0 spiro atoms. The molecule has 34 heavy (non-hydrogen) atoms. The Hall–Kier alpha value is -3.10. The monoisotopic (exact) mass is 537 g/mol. The number of benzene rings is 3. The first kappa shape index (κ1) is 22.7. The number of aryl methyl sites for hydroxylation is 1. The summed E-state index contributed by atoms with van der Waals surface area (Å²) in [7, 11) is -3.88. The Morgan fingerprint density at radius 3 is 2.21 bits per heavy atom. The highest BCUT2D eigenvalue weighted by molar-refractivity contribution is 9.10. The molecule has 1 aliphatic rings. The largest absolute Gasteiger partial charge is 0.419 e. The minimum atomic E-state index is -3.88. The fourth-order valence-electron chi connectivity index (χ4n) is 4.11. The van der Waals surface area contributed by atoms with Crippen molar-refractivity contribution >= 4 is 37.3 Å². The zero-order valence-corrected chi connectivity index (χ0v) is 21.1. The highest BCUT2D eigenvalue weighted by atomic mass is 79.9. The number of hydrogen-bond acceptors (Lipinski definition) is 6. The standard InChI is InChI=1S/C26H24BrN3O3S/c1-19-6-5-7-20(18-19)24-28-25(34(31,32)23-12-10-21(27)11-13-23)26(33-24)30-16-14-29(15-17-30)22-8-3-2-4-9-22/h2-13,18H,14-17H2,1H3. The van der Waals surface area contributed by atoms with Crippen LogP contribution in [0.15, 0.2) is 97.7 Å². The van der Waals surface area contributed by atoms with Crippen LogP contribution in [0.25, 0.3) is 11.5 Å². The quantitative estimate of drug-likeness (QED) is 0.331. The van der Waals surface area contributed by atoms with Crippen LogP contribution < -0.4 is 9.80 Å². The van der Waals surface area contributed by atoms with E-state index >= 15 is 0 Å². The summed E-state index contributed by atoms with van der Waals surface area (Å²) in [6, 6.07) is 24.5. The molecule has 1 aromatic heterocycles. The number of oxazole rings is 1. The molecule has 174 valence electrons. The molecule has 4 aromatic rings. The van der Waals surface area contributed by atoms with Gasteiger partial charge >= 0.3 is 0 Å². The molecule has 0 saturated carbocycles. The third-order valence-electron chi connectivity index (χ3n) is 5.91. The normalized spacial score (nSPS) is 14.4.